The van der Waals surface area contributed by atoms with Crippen LogP contribution in [-0.4, -0.2) is 44.0 Å². The Hall–Kier alpha value is -4.66. The normalized spacial score (nSPS) is 10.0. The van der Waals surface area contributed by atoms with E-state index in [1.807, 2.05) is 0 Å². The van der Waals surface area contributed by atoms with Crippen LogP contribution in [0.25, 0.3) is 0 Å². The van der Waals surface area contributed by atoms with Crippen LogP contribution in [0, 0.1) is 0 Å². The number of ether oxygens (including phenoxy) is 3. The number of methoxy groups -OCH3 is 1. The van der Waals surface area contributed by atoms with Crippen LogP contribution < -0.4 is 20.1 Å². The number of esters is 1. The quantitative estimate of drug-likeness (QED) is 0.469. The van der Waals surface area contributed by atoms with Crippen LogP contribution in [0.3, 0.4) is 0 Å². The zero-order chi connectivity index (χ0) is 24.3. The number of nitrogens with one attached hydrogen (secondary N) is 2. The lowest BCUT2D eigenvalue weighted by molar-refractivity contribution is -0.123. The molecule has 0 unspecified atom stereocenters. The number of benzene rings is 3. The van der Waals surface area contributed by atoms with E-state index in [0.717, 1.165) is 0 Å². The fraction of sp³-hybridized carbons (Fsp3) is 0.120. The summed E-state index contributed by atoms with van der Waals surface area (Å²) in [5, 5.41) is 4.83. The van der Waals surface area contributed by atoms with Crippen LogP contribution >= 0.6 is 0 Å². The number of imide groups is 1. The van der Waals surface area contributed by atoms with Crippen molar-refractivity contribution in [2.75, 3.05) is 25.6 Å². The molecule has 0 fully saturated rings. The molecular weight excluding hydrogens is 440 g/mol. The van der Waals surface area contributed by atoms with Crippen LogP contribution in [0.2, 0.25) is 0 Å². The number of carbonyl (C=O) groups is 4. The number of rotatable bonds is 9. The number of carbonyl (C=O) groups excluding carboxylic acids is 4. The van der Waals surface area contributed by atoms with Crippen molar-refractivity contribution < 1.29 is 33.4 Å². The Morgan fingerprint density at radius 3 is 2.18 bits per heavy atom. The van der Waals surface area contributed by atoms with E-state index in [1.165, 1.54) is 31.4 Å². The van der Waals surface area contributed by atoms with Gasteiger partial charge < -0.3 is 19.5 Å². The first-order chi connectivity index (χ1) is 16.4. The van der Waals surface area contributed by atoms with Gasteiger partial charge >= 0.3 is 5.97 Å². The molecule has 3 rings (SSSR count). The summed E-state index contributed by atoms with van der Waals surface area (Å²) in [4.78, 5) is 48.0. The second-order valence-corrected chi connectivity index (χ2v) is 6.91. The molecule has 0 aliphatic carbocycles. The summed E-state index contributed by atoms with van der Waals surface area (Å²) in [6, 6.07) is 21.0. The van der Waals surface area contributed by atoms with Gasteiger partial charge in [0, 0.05) is 17.3 Å². The molecule has 0 aromatic heterocycles. The van der Waals surface area contributed by atoms with E-state index in [9.17, 15) is 19.2 Å². The molecule has 34 heavy (non-hydrogen) atoms. The lowest BCUT2D eigenvalue weighted by Gasteiger charge is -2.09. The minimum Gasteiger partial charge on any atom is -0.497 e. The van der Waals surface area contributed by atoms with Crippen molar-refractivity contribution in [3.63, 3.8) is 0 Å². The van der Waals surface area contributed by atoms with Crippen molar-refractivity contribution in [3.8, 4) is 11.5 Å². The van der Waals surface area contributed by atoms with Gasteiger partial charge in [-0.05, 0) is 48.5 Å². The molecule has 0 atom stereocenters. The minimum atomic E-state index is -0.746. The predicted octanol–water partition coefficient (Wildman–Crippen LogP) is 2.83. The Kier molecular flexibility index (Phi) is 8.34. The van der Waals surface area contributed by atoms with Crippen molar-refractivity contribution in [2.45, 2.75) is 0 Å². The van der Waals surface area contributed by atoms with E-state index in [2.05, 4.69) is 10.6 Å². The van der Waals surface area contributed by atoms with Gasteiger partial charge in [-0.3, -0.25) is 19.7 Å². The molecule has 0 spiro atoms. The van der Waals surface area contributed by atoms with Gasteiger partial charge in [0.1, 0.15) is 11.5 Å². The number of hydrogen-bond donors (Lipinski definition) is 2. The summed E-state index contributed by atoms with van der Waals surface area (Å²) in [5.74, 6) is -1.47. The molecule has 0 bridgehead atoms. The lowest BCUT2D eigenvalue weighted by Crippen LogP contribution is -2.34. The van der Waals surface area contributed by atoms with Crippen molar-refractivity contribution in [3.05, 3.63) is 90.0 Å². The third-order valence-electron chi connectivity index (χ3n) is 4.44. The molecule has 0 aliphatic heterocycles. The van der Waals surface area contributed by atoms with Crippen LogP contribution in [0.5, 0.6) is 11.5 Å². The van der Waals surface area contributed by atoms with E-state index in [1.54, 1.807) is 54.6 Å². The lowest BCUT2D eigenvalue weighted by atomic mass is 10.2. The predicted molar refractivity (Wildman–Crippen MR) is 123 cm³/mol. The zero-order valence-electron chi connectivity index (χ0n) is 18.3. The Morgan fingerprint density at radius 2 is 1.47 bits per heavy atom. The molecular formula is C25H22N2O7. The SMILES string of the molecule is COc1cccc(NC(=O)COc2ccc(C(=O)OCC(=O)NC(=O)c3ccccc3)cc2)c1. The Balaban J connectivity index is 1.42. The first kappa shape index (κ1) is 24.0. The first-order valence-corrected chi connectivity index (χ1v) is 10.2. The van der Waals surface area contributed by atoms with Crippen molar-refractivity contribution in [1.29, 1.82) is 0 Å². The van der Waals surface area contributed by atoms with Crippen LogP contribution in [-0.2, 0) is 14.3 Å². The second kappa shape index (κ2) is 11.8. The summed E-state index contributed by atoms with van der Waals surface area (Å²) in [7, 11) is 1.53. The largest absolute Gasteiger partial charge is 0.497 e. The Morgan fingerprint density at radius 1 is 0.735 bits per heavy atom. The first-order valence-electron chi connectivity index (χ1n) is 10.2. The molecule has 0 aliphatic rings. The molecule has 9 heteroatoms. The highest BCUT2D eigenvalue weighted by Crippen LogP contribution is 2.17. The van der Waals surface area contributed by atoms with Gasteiger partial charge in [0.2, 0.25) is 0 Å². The third-order valence-corrected chi connectivity index (χ3v) is 4.44. The smallest absolute Gasteiger partial charge is 0.338 e. The maximum atomic E-state index is 12.1. The number of amides is 3. The summed E-state index contributed by atoms with van der Waals surface area (Å²) < 4.78 is 15.5. The third kappa shape index (κ3) is 7.20. The molecule has 2 N–H and O–H groups in total. The van der Waals surface area contributed by atoms with Crippen LogP contribution in [0.4, 0.5) is 5.69 Å². The van der Waals surface area contributed by atoms with Crippen molar-refractivity contribution in [1.82, 2.24) is 5.32 Å². The van der Waals surface area contributed by atoms with Gasteiger partial charge in [-0.15, -0.1) is 0 Å². The van der Waals surface area contributed by atoms with Crippen molar-refractivity contribution >= 4 is 29.4 Å². The van der Waals surface area contributed by atoms with Crippen LogP contribution in [0.1, 0.15) is 20.7 Å². The van der Waals surface area contributed by atoms with Gasteiger partial charge in [-0.25, -0.2) is 4.79 Å². The molecule has 9 nitrogen and oxygen atoms in total. The van der Waals surface area contributed by atoms with Crippen molar-refractivity contribution in [2.24, 2.45) is 0 Å². The van der Waals surface area contributed by atoms with E-state index in [4.69, 9.17) is 14.2 Å². The standard InChI is InChI=1S/C25H22N2O7/c1-32-21-9-5-8-19(14-21)26-22(28)15-33-20-12-10-18(11-13-20)25(31)34-16-23(29)27-24(30)17-6-3-2-4-7-17/h2-14H,15-16H2,1H3,(H,26,28)(H,27,29,30). The van der Waals surface area contributed by atoms with Crippen LogP contribution in [0.15, 0.2) is 78.9 Å². The molecule has 3 amide bonds. The Labute approximate surface area is 195 Å². The summed E-state index contributed by atoms with van der Waals surface area (Å²) in [5.41, 5.74) is 1.06. The fourth-order valence-corrected chi connectivity index (χ4v) is 2.77. The van der Waals surface area contributed by atoms with Gasteiger partial charge in [-0.1, -0.05) is 24.3 Å². The summed E-state index contributed by atoms with van der Waals surface area (Å²) in [6.45, 7) is -0.850. The highest BCUT2D eigenvalue weighted by Gasteiger charge is 2.14. The molecule has 0 heterocycles. The molecule has 3 aromatic rings. The average Bonchev–Trinajstić information content (AvgIpc) is 2.87. The second-order valence-electron chi connectivity index (χ2n) is 6.91. The maximum Gasteiger partial charge on any atom is 0.338 e. The average molecular weight is 462 g/mol. The van der Waals surface area contributed by atoms with Gasteiger partial charge in [0.15, 0.2) is 13.2 Å². The monoisotopic (exact) mass is 462 g/mol. The van der Waals surface area contributed by atoms with E-state index < -0.39 is 24.4 Å². The molecule has 0 radical (unpaired) electrons. The maximum absolute atomic E-state index is 12.1. The summed E-state index contributed by atoms with van der Waals surface area (Å²) >= 11 is 0. The molecule has 3 aromatic carbocycles. The van der Waals surface area contributed by atoms with Gasteiger partial charge in [0.25, 0.3) is 17.7 Å². The van der Waals surface area contributed by atoms with Gasteiger partial charge in [-0.2, -0.15) is 0 Å². The highest BCUT2D eigenvalue weighted by molar-refractivity contribution is 6.05. The topological polar surface area (TPSA) is 120 Å². The van der Waals surface area contributed by atoms with E-state index >= 15 is 0 Å². The minimum absolute atomic E-state index is 0.176. The fourth-order valence-electron chi connectivity index (χ4n) is 2.77. The van der Waals surface area contributed by atoms with Gasteiger partial charge in [0.05, 0.1) is 12.7 Å². The van der Waals surface area contributed by atoms with E-state index in [0.29, 0.717) is 22.7 Å². The van der Waals surface area contributed by atoms with E-state index in [-0.39, 0.29) is 18.1 Å². The number of anilines is 1. The molecule has 0 saturated carbocycles. The molecule has 0 saturated heterocycles. The molecule has 174 valence electrons. The number of hydrogen-bond acceptors (Lipinski definition) is 7. The Bertz CT molecular complexity index is 1160. The zero-order valence-corrected chi connectivity index (χ0v) is 18.3. The highest BCUT2D eigenvalue weighted by atomic mass is 16.5. The summed E-state index contributed by atoms with van der Waals surface area (Å²) in [6.07, 6.45) is 0.